The van der Waals surface area contributed by atoms with Crippen LogP contribution in [-0.2, 0) is 13.0 Å². The Bertz CT molecular complexity index is 1840. The number of allylic oxidation sites excluding steroid dienone is 3. The predicted octanol–water partition coefficient (Wildman–Crippen LogP) is 7.59. The Morgan fingerprint density at radius 1 is 0.949 bits per heavy atom. The fourth-order valence-electron chi connectivity index (χ4n) is 4.99. The number of hydrogen-bond donors (Lipinski definition) is 2. The monoisotopic (exact) mass is 527 g/mol. The highest BCUT2D eigenvalue weighted by Crippen LogP contribution is 2.36. The Morgan fingerprint density at radius 2 is 1.85 bits per heavy atom. The van der Waals surface area contributed by atoms with Crippen molar-refractivity contribution in [3.05, 3.63) is 124 Å². The van der Waals surface area contributed by atoms with Crippen molar-refractivity contribution in [2.45, 2.75) is 20.0 Å². The zero-order chi connectivity index (χ0) is 26.2. The smallest absolute Gasteiger partial charge is 0.181 e. The van der Waals surface area contributed by atoms with Crippen molar-refractivity contribution in [3.63, 3.8) is 0 Å². The molecule has 6 aromatic rings. The molecule has 39 heavy (non-hydrogen) atoms. The largest absolute Gasteiger partial charge is 0.487 e. The number of pyridine rings is 2. The summed E-state index contributed by atoms with van der Waals surface area (Å²) >= 11 is 1.71. The van der Waals surface area contributed by atoms with Crippen molar-refractivity contribution < 1.29 is 4.74 Å². The van der Waals surface area contributed by atoms with Crippen molar-refractivity contribution >= 4 is 27.9 Å². The van der Waals surface area contributed by atoms with Gasteiger partial charge in [0.25, 0.3) is 0 Å². The van der Waals surface area contributed by atoms with Crippen molar-refractivity contribution in [3.8, 4) is 28.3 Å². The maximum Gasteiger partial charge on any atom is 0.181 e. The van der Waals surface area contributed by atoms with Crippen LogP contribution >= 0.6 is 11.3 Å². The summed E-state index contributed by atoms with van der Waals surface area (Å²) in [6, 6.07) is 18.6. The third-order valence-corrected chi connectivity index (χ3v) is 7.67. The number of nitrogens with one attached hydrogen (secondary N) is 2. The first-order valence-electron chi connectivity index (χ1n) is 12.8. The number of ether oxygens (including phenoxy) is 1. The van der Waals surface area contributed by atoms with Crippen molar-refractivity contribution in [2.24, 2.45) is 0 Å². The molecule has 0 spiro atoms. The van der Waals surface area contributed by atoms with Gasteiger partial charge in [0.2, 0.25) is 0 Å². The zero-order valence-electron chi connectivity index (χ0n) is 21.3. The summed E-state index contributed by atoms with van der Waals surface area (Å²) in [7, 11) is 0. The van der Waals surface area contributed by atoms with Gasteiger partial charge in [-0.2, -0.15) is 16.4 Å². The van der Waals surface area contributed by atoms with E-state index in [-0.39, 0.29) is 0 Å². The summed E-state index contributed by atoms with van der Waals surface area (Å²) in [5, 5.41) is 13.0. The number of aromatic amines is 2. The lowest BCUT2D eigenvalue weighted by Gasteiger charge is -2.08. The molecular formula is C32H25N5OS. The standard InChI is InChI=1S/C32H25N5OS/c1-20-7-8-26(22-9-10-39-19-22)27-14-30(35-29(27)11-20)31-28-13-24(16-34-32(28)37-36-31)23-12-25(17-33-15-23)38-18-21-5-3-2-4-6-21/h2-10,12-17,19,35H,11,18H2,1H3,(H,34,36,37). The molecule has 7 rings (SSSR count). The molecule has 1 aliphatic rings. The van der Waals surface area contributed by atoms with Crippen LogP contribution in [0, 0.1) is 0 Å². The van der Waals surface area contributed by atoms with Crippen LogP contribution in [0.3, 0.4) is 0 Å². The summed E-state index contributed by atoms with van der Waals surface area (Å²) in [4.78, 5) is 12.8. The molecule has 6 nitrogen and oxygen atoms in total. The number of aromatic nitrogens is 5. The van der Waals surface area contributed by atoms with E-state index in [1.165, 1.54) is 28.0 Å². The van der Waals surface area contributed by atoms with E-state index in [0.717, 1.165) is 39.9 Å². The Labute approximate surface area is 229 Å². The maximum absolute atomic E-state index is 6.01. The van der Waals surface area contributed by atoms with E-state index in [4.69, 9.17) is 4.74 Å². The van der Waals surface area contributed by atoms with Gasteiger partial charge in [0.15, 0.2) is 5.65 Å². The molecule has 190 valence electrons. The molecule has 0 unspecified atom stereocenters. The molecule has 0 saturated carbocycles. The molecule has 1 aromatic carbocycles. The van der Waals surface area contributed by atoms with Crippen LogP contribution in [0.25, 0.3) is 39.1 Å². The topological polar surface area (TPSA) is 79.5 Å². The van der Waals surface area contributed by atoms with Crippen LogP contribution in [0.2, 0.25) is 0 Å². The van der Waals surface area contributed by atoms with E-state index in [1.807, 2.05) is 48.8 Å². The second kappa shape index (κ2) is 9.85. The summed E-state index contributed by atoms with van der Waals surface area (Å²) in [5.74, 6) is 0.716. The Hall–Kier alpha value is -4.75. The average Bonchev–Trinajstić information content (AvgIpc) is 3.72. The molecular weight excluding hydrogens is 502 g/mol. The Balaban J connectivity index is 1.23. The van der Waals surface area contributed by atoms with Gasteiger partial charge in [-0.3, -0.25) is 10.1 Å². The van der Waals surface area contributed by atoms with Crippen LogP contribution in [-0.4, -0.2) is 25.1 Å². The van der Waals surface area contributed by atoms with E-state index < -0.39 is 0 Å². The molecule has 0 aliphatic heterocycles. The minimum Gasteiger partial charge on any atom is -0.487 e. The highest BCUT2D eigenvalue weighted by molar-refractivity contribution is 7.08. The van der Waals surface area contributed by atoms with Crippen molar-refractivity contribution in [1.29, 1.82) is 0 Å². The third-order valence-electron chi connectivity index (χ3n) is 6.99. The van der Waals surface area contributed by atoms with Gasteiger partial charge in [0, 0.05) is 46.6 Å². The molecule has 5 heterocycles. The SMILES string of the molecule is CC1=CC=C(c2ccsc2)c2cc(-c3[nH]nc4ncc(-c5cncc(OCc6ccccc6)c5)cc34)[nH]c2C1. The molecule has 1 aliphatic carbocycles. The van der Waals surface area contributed by atoms with E-state index in [9.17, 15) is 0 Å². The highest BCUT2D eigenvalue weighted by atomic mass is 32.1. The molecule has 7 heteroatoms. The van der Waals surface area contributed by atoms with Gasteiger partial charge in [0.05, 0.1) is 17.6 Å². The van der Waals surface area contributed by atoms with E-state index in [1.54, 1.807) is 17.5 Å². The number of rotatable bonds is 6. The average molecular weight is 528 g/mol. The van der Waals surface area contributed by atoms with Gasteiger partial charge in [0.1, 0.15) is 12.4 Å². The lowest BCUT2D eigenvalue weighted by atomic mass is 10.00. The first kappa shape index (κ1) is 23.4. The summed E-state index contributed by atoms with van der Waals surface area (Å²) in [6.07, 6.45) is 10.7. The molecule has 0 atom stereocenters. The second-order valence-corrected chi connectivity index (χ2v) is 10.5. The van der Waals surface area contributed by atoms with Gasteiger partial charge < -0.3 is 9.72 Å². The molecule has 5 aromatic heterocycles. The predicted molar refractivity (Wildman–Crippen MR) is 157 cm³/mol. The molecule has 0 fully saturated rings. The van der Waals surface area contributed by atoms with Crippen LogP contribution in [0.1, 0.15) is 29.3 Å². The minimum absolute atomic E-state index is 0.489. The van der Waals surface area contributed by atoms with Gasteiger partial charge in [-0.25, -0.2) is 4.98 Å². The molecule has 0 amide bonds. The van der Waals surface area contributed by atoms with Gasteiger partial charge >= 0.3 is 0 Å². The van der Waals surface area contributed by atoms with Gasteiger partial charge in [-0.15, -0.1) is 0 Å². The maximum atomic E-state index is 6.01. The molecule has 0 saturated heterocycles. The first-order valence-corrected chi connectivity index (χ1v) is 13.7. The molecule has 0 radical (unpaired) electrons. The minimum atomic E-state index is 0.489. The lowest BCUT2D eigenvalue weighted by Crippen LogP contribution is -1.96. The normalized spacial score (nSPS) is 13.1. The summed E-state index contributed by atoms with van der Waals surface area (Å²) in [5.41, 5.74) is 11.8. The Kier molecular flexibility index (Phi) is 5.90. The number of fused-ring (bicyclic) bond motifs is 2. The number of thiophene rings is 1. The fourth-order valence-corrected chi connectivity index (χ4v) is 5.65. The van der Waals surface area contributed by atoms with E-state index in [0.29, 0.717) is 18.0 Å². The van der Waals surface area contributed by atoms with E-state index in [2.05, 4.69) is 73.2 Å². The fraction of sp³-hybridized carbons (Fsp3) is 0.0938. The van der Waals surface area contributed by atoms with E-state index >= 15 is 0 Å². The third kappa shape index (κ3) is 4.57. The number of benzene rings is 1. The first-order chi connectivity index (χ1) is 19.2. The van der Waals surface area contributed by atoms with Crippen LogP contribution in [0.15, 0.2) is 102 Å². The zero-order valence-corrected chi connectivity index (χ0v) is 22.1. The van der Waals surface area contributed by atoms with Crippen LogP contribution < -0.4 is 4.74 Å². The van der Waals surface area contributed by atoms with Crippen molar-refractivity contribution in [1.82, 2.24) is 25.1 Å². The summed E-state index contributed by atoms with van der Waals surface area (Å²) in [6.45, 7) is 2.66. The lowest BCUT2D eigenvalue weighted by molar-refractivity contribution is 0.305. The second-order valence-electron chi connectivity index (χ2n) is 9.73. The van der Waals surface area contributed by atoms with Crippen molar-refractivity contribution in [2.75, 3.05) is 0 Å². The quantitative estimate of drug-likeness (QED) is 0.234. The van der Waals surface area contributed by atoms with Gasteiger partial charge in [-0.1, -0.05) is 48.1 Å². The van der Waals surface area contributed by atoms with Crippen LogP contribution in [0.5, 0.6) is 5.75 Å². The molecule has 0 bridgehead atoms. The number of H-pyrrole nitrogens is 2. The highest BCUT2D eigenvalue weighted by Gasteiger charge is 2.20. The Morgan fingerprint density at radius 3 is 2.72 bits per heavy atom. The summed E-state index contributed by atoms with van der Waals surface area (Å²) < 4.78 is 6.01. The number of hydrogen-bond acceptors (Lipinski definition) is 5. The number of nitrogens with zero attached hydrogens (tertiary/aromatic N) is 3. The molecule has 2 N–H and O–H groups in total. The van der Waals surface area contributed by atoms with Crippen LogP contribution in [0.4, 0.5) is 0 Å². The van der Waals surface area contributed by atoms with Gasteiger partial charge in [-0.05, 0) is 58.6 Å².